The Bertz CT molecular complexity index is 797. The van der Waals surface area contributed by atoms with Gasteiger partial charge in [-0.2, -0.15) is 0 Å². The molecule has 8 heteroatoms. The zero-order valence-electron chi connectivity index (χ0n) is 14.2. The topological polar surface area (TPSA) is 95.4 Å². The van der Waals surface area contributed by atoms with Gasteiger partial charge in [0.15, 0.2) is 11.5 Å². The van der Waals surface area contributed by atoms with Crippen LogP contribution in [-0.2, 0) is 4.79 Å². The van der Waals surface area contributed by atoms with E-state index in [4.69, 9.17) is 0 Å². The van der Waals surface area contributed by atoms with E-state index in [2.05, 4.69) is 15.3 Å². The second-order valence-corrected chi connectivity index (χ2v) is 7.39. The van der Waals surface area contributed by atoms with Crippen LogP contribution in [0.3, 0.4) is 0 Å². The number of rotatable bonds is 4. The first-order valence-electron chi connectivity index (χ1n) is 8.13. The molecule has 2 aromatic rings. The number of nitrogens with one attached hydrogen (secondary N) is 1. The van der Waals surface area contributed by atoms with Gasteiger partial charge < -0.3 is 15.3 Å². The SMILES string of the molecule is CC(=O)N1CCC(Nc2cc(C(=O)O)nc(-c3ccc(C)s3)n2)CC1. The molecular formula is C17H20N4O3S. The summed E-state index contributed by atoms with van der Waals surface area (Å²) in [5, 5.41) is 12.6. The molecular weight excluding hydrogens is 340 g/mol. The molecule has 25 heavy (non-hydrogen) atoms. The lowest BCUT2D eigenvalue weighted by molar-refractivity contribution is -0.129. The number of aryl methyl sites for hydroxylation is 1. The number of carboxylic acid groups (broad SMARTS) is 1. The summed E-state index contributed by atoms with van der Waals surface area (Å²) in [6.07, 6.45) is 1.61. The van der Waals surface area contributed by atoms with E-state index < -0.39 is 5.97 Å². The molecule has 0 spiro atoms. The summed E-state index contributed by atoms with van der Waals surface area (Å²) in [6, 6.07) is 5.48. The van der Waals surface area contributed by atoms with Gasteiger partial charge in [-0.1, -0.05) is 0 Å². The molecule has 1 fully saturated rings. The first-order chi connectivity index (χ1) is 11.9. The number of likely N-dealkylation sites (tertiary alicyclic amines) is 1. The summed E-state index contributed by atoms with van der Waals surface area (Å²) in [6.45, 7) is 4.95. The first kappa shape index (κ1) is 17.3. The normalized spacial score (nSPS) is 15.2. The third-order valence-electron chi connectivity index (χ3n) is 4.20. The van der Waals surface area contributed by atoms with Gasteiger partial charge in [0.05, 0.1) is 4.88 Å². The van der Waals surface area contributed by atoms with Gasteiger partial charge in [0.2, 0.25) is 5.91 Å². The first-order valence-corrected chi connectivity index (χ1v) is 8.95. The Morgan fingerprint density at radius 2 is 2.00 bits per heavy atom. The number of aromatic nitrogens is 2. The van der Waals surface area contributed by atoms with Crippen LogP contribution in [0.4, 0.5) is 5.82 Å². The smallest absolute Gasteiger partial charge is 0.354 e. The number of thiophene rings is 1. The van der Waals surface area contributed by atoms with Gasteiger partial charge >= 0.3 is 5.97 Å². The Labute approximate surface area is 149 Å². The lowest BCUT2D eigenvalue weighted by Gasteiger charge is -2.32. The van der Waals surface area contributed by atoms with Crippen molar-refractivity contribution in [2.75, 3.05) is 18.4 Å². The molecule has 1 aliphatic rings. The van der Waals surface area contributed by atoms with Gasteiger partial charge in [-0.05, 0) is 31.9 Å². The number of piperidine rings is 1. The number of aromatic carboxylic acids is 1. The average Bonchev–Trinajstić information content (AvgIpc) is 3.01. The summed E-state index contributed by atoms with van der Waals surface area (Å²) in [4.78, 5) is 35.2. The lowest BCUT2D eigenvalue weighted by Crippen LogP contribution is -2.41. The van der Waals surface area contributed by atoms with Crippen LogP contribution in [-0.4, -0.2) is 51.0 Å². The number of carbonyl (C=O) groups excluding carboxylic acids is 1. The van der Waals surface area contributed by atoms with E-state index in [1.54, 1.807) is 6.92 Å². The molecule has 0 aromatic carbocycles. The van der Waals surface area contributed by atoms with E-state index in [-0.39, 0.29) is 17.6 Å². The number of anilines is 1. The molecule has 0 atom stereocenters. The average molecular weight is 360 g/mol. The monoisotopic (exact) mass is 360 g/mol. The summed E-state index contributed by atoms with van der Waals surface area (Å²) < 4.78 is 0. The van der Waals surface area contributed by atoms with E-state index in [1.165, 1.54) is 17.4 Å². The summed E-state index contributed by atoms with van der Waals surface area (Å²) >= 11 is 1.53. The maximum Gasteiger partial charge on any atom is 0.354 e. The van der Waals surface area contributed by atoms with Crippen molar-refractivity contribution in [2.24, 2.45) is 0 Å². The highest BCUT2D eigenvalue weighted by molar-refractivity contribution is 7.15. The maximum absolute atomic E-state index is 11.4. The molecule has 0 unspecified atom stereocenters. The van der Waals surface area contributed by atoms with Crippen LogP contribution < -0.4 is 5.32 Å². The molecule has 2 N–H and O–H groups in total. The van der Waals surface area contributed by atoms with Crippen molar-refractivity contribution in [2.45, 2.75) is 32.7 Å². The number of carboxylic acids is 1. The second kappa shape index (κ2) is 7.18. The molecule has 0 aliphatic carbocycles. The van der Waals surface area contributed by atoms with Gasteiger partial charge in [-0.15, -0.1) is 11.3 Å². The summed E-state index contributed by atoms with van der Waals surface area (Å²) in [5.41, 5.74) is -0.0280. The Hall–Kier alpha value is -2.48. The van der Waals surface area contributed by atoms with Gasteiger partial charge in [-0.25, -0.2) is 14.8 Å². The minimum atomic E-state index is -1.08. The van der Waals surface area contributed by atoms with E-state index in [1.807, 2.05) is 24.0 Å². The predicted octanol–water partition coefficient (Wildman–Crippen LogP) is 2.63. The number of carbonyl (C=O) groups is 2. The van der Waals surface area contributed by atoms with Gasteiger partial charge in [0, 0.05) is 37.0 Å². The maximum atomic E-state index is 11.4. The van der Waals surface area contributed by atoms with Crippen molar-refractivity contribution >= 4 is 29.0 Å². The van der Waals surface area contributed by atoms with Crippen molar-refractivity contribution in [3.63, 3.8) is 0 Å². The highest BCUT2D eigenvalue weighted by Crippen LogP contribution is 2.26. The highest BCUT2D eigenvalue weighted by Gasteiger charge is 2.22. The fourth-order valence-corrected chi connectivity index (χ4v) is 3.65. The quantitative estimate of drug-likeness (QED) is 0.870. The molecule has 1 saturated heterocycles. The van der Waals surface area contributed by atoms with Crippen molar-refractivity contribution in [3.8, 4) is 10.7 Å². The van der Waals surface area contributed by atoms with Crippen LogP contribution in [0.25, 0.3) is 10.7 Å². The molecule has 3 heterocycles. The van der Waals surface area contributed by atoms with Crippen molar-refractivity contribution in [3.05, 3.63) is 28.8 Å². The summed E-state index contributed by atoms with van der Waals surface area (Å²) in [7, 11) is 0. The Kier molecular flexibility index (Phi) is 4.98. The van der Waals surface area contributed by atoms with E-state index in [0.29, 0.717) is 24.7 Å². The fourth-order valence-electron chi connectivity index (χ4n) is 2.84. The van der Waals surface area contributed by atoms with Crippen LogP contribution in [0.2, 0.25) is 0 Å². The molecule has 1 aliphatic heterocycles. The van der Waals surface area contributed by atoms with Crippen LogP contribution in [0.5, 0.6) is 0 Å². The van der Waals surface area contributed by atoms with Crippen molar-refractivity contribution in [1.29, 1.82) is 0 Å². The molecule has 3 rings (SSSR count). The van der Waals surface area contributed by atoms with E-state index >= 15 is 0 Å². The standard InChI is InChI=1S/C17H20N4O3S/c1-10-3-4-14(25-10)16-19-13(17(23)24)9-15(20-16)18-12-5-7-21(8-6-12)11(2)22/h3-4,9,12H,5-8H2,1-2H3,(H,23,24)(H,18,19,20). The molecule has 2 aromatic heterocycles. The number of amides is 1. The Morgan fingerprint density at radius 3 is 2.56 bits per heavy atom. The van der Waals surface area contributed by atoms with Crippen molar-refractivity contribution in [1.82, 2.24) is 14.9 Å². The molecule has 7 nitrogen and oxygen atoms in total. The summed E-state index contributed by atoms with van der Waals surface area (Å²) in [5.74, 6) is -0.0632. The Morgan fingerprint density at radius 1 is 1.28 bits per heavy atom. The Balaban J connectivity index is 1.80. The van der Waals surface area contributed by atoms with Gasteiger partial charge in [0.1, 0.15) is 5.82 Å². The fraction of sp³-hybridized carbons (Fsp3) is 0.412. The molecule has 132 valence electrons. The number of nitrogens with zero attached hydrogens (tertiary/aromatic N) is 3. The molecule has 1 amide bonds. The van der Waals surface area contributed by atoms with Crippen LogP contribution in [0.1, 0.15) is 35.1 Å². The van der Waals surface area contributed by atoms with Crippen molar-refractivity contribution < 1.29 is 14.7 Å². The van der Waals surface area contributed by atoms with Gasteiger partial charge in [-0.3, -0.25) is 4.79 Å². The zero-order valence-corrected chi connectivity index (χ0v) is 15.0. The molecule has 0 radical (unpaired) electrons. The third-order valence-corrected chi connectivity index (χ3v) is 5.19. The van der Waals surface area contributed by atoms with Crippen LogP contribution in [0, 0.1) is 6.92 Å². The lowest BCUT2D eigenvalue weighted by atomic mass is 10.1. The predicted molar refractivity (Wildman–Crippen MR) is 95.9 cm³/mol. The zero-order chi connectivity index (χ0) is 18.0. The van der Waals surface area contributed by atoms with E-state index in [9.17, 15) is 14.7 Å². The number of hydrogen-bond acceptors (Lipinski definition) is 6. The number of hydrogen-bond donors (Lipinski definition) is 2. The highest BCUT2D eigenvalue weighted by atomic mass is 32.1. The molecule has 0 saturated carbocycles. The minimum absolute atomic E-state index is 0.0280. The molecule has 0 bridgehead atoms. The van der Waals surface area contributed by atoms with E-state index in [0.717, 1.165) is 22.6 Å². The van der Waals surface area contributed by atoms with Gasteiger partial charge in [0.25, 0.3) is 0 Å². The largest absolute Gasteiger partial charge is 0.477 e. The van der Waals surface area contributed by atoms with Crippen LogP contribution >= 0.6 is 11.3 Å². The minimum Gasteiger partial charge on any atom is -0.477 e. The second-order valence-electron chi connectivity index (χ2n) is 6.10. The van der Waals surface area contributed by atoms with Crippen LogP contribution in [0.15, 0.2) is 18.2 Å². The third kappa shape index (κ3) is 4.14.